The number of hydrogen-bond donors (Lipinski definition) is 7. The fraction of sp³-hybridized carbons (Fsp3) is 0.623. The van der Waals surface area contributed by atoms with Gasteiger partial charge in [0.2, 0.25) is 0 Å². The number of allylic oxidation sites excluding steroid dienone is 6. The number of hydrogen-bond acceptors (Lipinski definition) is 7. The van der Waals surface area contributed by atoms with Crippen LogP contribution in [0.1, 0.15) is 170 Å². The Bertz CT molecular complexity index is 668. The van der Waals surface area contributed by atoms with Gasteiger partial charge in [0, 0.05) is 13.3 Å². The Balaban J connectivity index is -0.0000000152. The smallest absolute Gasteiger partial charge is 0.386 e. The Morgan fingerprint density at radius 3 is 0.507 bits per heavy atom. The summed E-state index contributed by atoms with van der Waals surface area (Å²) >= 11 is 0. The van der Waals surface area contributed by atoms with Gasteiger partial charge in [0.25, 0.3) is 0 Å². The maximum atomic E-state index is 10.4. The van der Waals surface area contributed by atoms with Gasteiger partial charge in [-0.1, -0.05) is 197 Å². The molecule has 0 saturated carbocycles. The summed E-state index contributed by atoms with van der Waals surface area (Å²) in [6, 6.07) is 0. The monoisotopic (exact) mass is 2560 g/mol. The van der Waals surface area contributed by atoms with Crippen molar-refractivity contribution < 1.29 is 59.9 Å². The fourth-order valence-electron chi connectivity index (χ4n) is 0.965. The number of aliphatic hydroxyl groups is 7. The summed E-state index contributed by atoms with van der Waals surface area (Å²) in [6.45, 7) is 48.3. The molecule has 0 bridgehead atoms. The van der Waals surface area contributed by atoms with Crippen LogP contribution >= 0.6 is 0 Å². The second-order valence-electron chi connectivity index (χ2n) is 8.29. The van der Waals surface area contributed by atoms with E-state index >= 15 is 0 Å². The Labute approximate surface area is 404 Å². The first-order valence-electron chi connectivity index (χ1n) is 22.4. The zero-order valence-corrected chi connectivity index (χ0v) is 88.2. The first kappa shape index (κ1) is 160. The van der Waals surface area contributed by atoms with Crippen molar-refractivity contribution in [3.8, 4) is 24.7 Å². The van der Waals surface area contributed by atoms with Crippen molar-refractivity contribution in [3.05, 3.63) is 99.2 Å². The van der Waals surface area contributed by atoms with Crippen LogP contribution in [-0.2, 0) is 0 Å². The van der Waals surface area contributed by atoms with E-state index in [1.165, 1.54) is 62.1 Å². The van der Waals surface area contributed by atoms with Crippen molar-refractivity contribution in [1.82, 2.24) is 0 Å². The third-order valence-corrected chi connectivity index (χ3v) is 3.16. The average molecular weight is 2560 g/mol. The third kappa shape index (κ3) is 2880. The van der Waals surface area contributed by atoms with Gasteiger partial charge in [0.15, 0.2) is 0 Å². The van der Waals surface area contributed by atoms with Crippen molar-refractivity contribution >= 4 is 0 Å². The molecule has 0 aromatic carbocycles. The summed E-state index contributed by atoms with van der Waals surface area (Å²) in [5, 5.41) is 55.2. The van der Waals surface area contributed by atoms with Crippen molar-refractivity contribution in [2.45, 2.75) is 176 Å². The second-order valence-corrected chi connectivity index (χ2v) is 8.29. The van der Waals surface area contributed by atoms with Gasteiger partial charge in [-0.15, -0.1) is 45.1 Å². The van der Waals surface area contributed by atoms with E-state index in [9.17, 15) is 13.2 Å². The van der Waals surface area contributed by atoms with Gasteiger partial charge in [0.1, 0.15) is 6.61 Å². The molecule has 0 unspecified atom stereocenters. The SMILES string of the molecule is C#CCC.C#CCO.C=CCC.C=CCC.C=CCO.C=CCO.CC.CC.CC.CC.CC.CC(F)(F)F.CCC=CCC.CCC=CCC.O.O.OCC=CCO.OCC=CCO.[Rf].[Rf].[Rf].[Rf].[Rf].[Rf]. The summed E-state index contributed by atoms with van der Waals surface area (Å²) in [7, 11) is 0. The molecular formula is C53H115F3O9Rf6. The van der Waals surface area contributed by atoms with Gasteiger partial charge in [-0.2, -0.15) is 13.2 Å². The number of terminal acetylenes is 2. The molecule has 0 aliphatic heterocycles. The van der Waals surface area contributed by atoms with Crippen LogP contribution in [0.5, 0.6) is 0 Å². The quantitative estimate of drug-likeness (QED) is 0.0743. The minimum atomic E-state index is -4.00. The number of halogens is 3. The van der Waals surface area contributed by atoms with E-state index in [4.69, 9.17) is 42.2 Å². The number of rotatable bonds is 12. The molecule has 0 saturated heterocycles. The van der Waals surface area contributed by atoms with E-state index < -0.39 is 6.18 Å². The van der Waals surface area contributed by atoms with Gasteiger partial charge >= 0.3 is 6.18 Å². The van der Waals surface area contributed by atoms with Crippen LogP contribution in [0.15, 0.2) is 99.2 Å². The van der Waals surface area contributed by atoms with Crippen LogP contribution in [0.2, 0.25) is 0 Å². The number of alkyl halides is 3. The van der Waals surface area contributed by atoms with Crippen LogP contribution in [0.4, 0.5) is 13.2 Å². The van der Waals surface area contributed by atoms with Gasteiger partial charge in [0.05, 0.1) is 39.6 Å². The zero-order chi connectivity index (χ0) is 54.3. The Hall–Kier alpha value is -9.53. The third-order valence-electron chi connectivity index (χ3n) is 3.16. The van der Waals surface area contributed by atoms with Gasteiger partial charge in [-0.05, 0) is 38.5 Å². The summed E-state index contributed by atoms with van der Waals surface area (Å²) in [6.07, 6.45) is 34.3. The Kier molecular flexibility index (Phi) is 805. The topological polar surface area (TPSA) is 205 Å². The molecule has 9 nitrogen and oxygen atoms in total. The standard InChI is InChI=1S/2C6H12.2C4H8O2.2C4H8.C4H6.2C3H6O.C3H4O.C2H3F3.5C2H6.2H2O.6Rf/c2*1-3-5-6-4-2;2*5-3-1-2-4-6;3*1-3-4-2;3*1-2-3-4;1-2(3,4)5;5*1-2;;;;;;;;/h2*5-6H,3-4H2,1-2H3;2*1-2,5-6H,3-4H2;2*3H,1,4H2,2H3;1H,4H2,2H3;2*2,4H,1,3H2;1,4H,3H2;1H3;5*1-2H3;2*1H2;;;;;;. The van der Waals surface area contributed by atoms with Crippen LogP contribution in [0.25, 0.3) is 0 Å². The maximum absolute atomic E-state index is 10.4. The predicted molar refractivity (Wildman–Crippen MR) is 292 cm³/mol. The molecule has 0 amide bonds. The Morgan fingerprint density at radius 2 is 0.479 bits per heavy atom. The molecule has 0 aliphatic rings. The predicted octanol–water partition coefficient (Wildman–Crippen LogP) is 13.0. The molecule has 0 aliphatic carbocycles. The summed E-state index contributed by atoms with van der Waals surface area (Å²) < 4.78 is 31.1. The fourth-order valence-corrected chi connectivity index (χ4v) is 0.965. The molecule has 0 heterocycles. The van der Waals surface area contributed by atoms with Crippen LogP contribution in [-0.4, -0.2) is 99.1 Å². The molecule has 0 radical (unpaired) electrons. The minimum Gasteiger partial charge on any atom is -0.412 e. The molecule has 0 spiro atoms. The largest absolute Gasteiger partial charge is 0.412 e. The van der Waals surface area contributed by atoms with E-state index in [-0.39, 0.29) is 64.1 Å². The zero-order valence-electron chi connectivity index (χ0n) is 49.8. The van der Waals surface area contributed by atoms with Crippen molar-refractivity contribution in [2.24, 2.45) is 0 Å². The second kappa shape index (κ2) is 357. The summed E-state index contributed by atoms with van der Waals surface area (Å²) in [5.41, 5.74) is 0. The molecule has 18 heteroatoms. The molecule has 71 heavy (non-hydrogen) atoms. The maximum Gasteiger partial charge on any atom is 0.386 e. The van der Waals surface area contributed by atoms with Gasteiger partial charge in [-0.25, -0.2) is 0 Å². The van der Waals surface area contributed by atoms with Crippen LogP contribution < -0.4 is 0 Å². The summed E-state index contributed by atoms with van der Waals surface area (Å²) in [4.78, 5) is 0. The minimum absolute atomic E-state index is 0. The normalized spacial score (nSPS) is 6.73. The Morgan fingerprint density at radius 1 is 0.366 bits per heavy atom. The van der Waals surface area contributed by atoms with Crippen molar-refractivity contribution in [3.63, 3.8) is 0 Å². The van der Waals surface area contributed by atoms with E-state index in [0.29, 0.717) is 0 Å². The first-order valence-corrected chi connectivity index (χ1v) is 22.4. The van der Waals surface area contributed by atoms with E-state index in [2.05, 4.69) is 105 Å². The first-order chi connectivity index (χ1) is 30.1. The van der Waals surface area contributed by atoms with Crippen molar-refractivity contribution in [1.29, 1.82) is 0 Å². The molecule has 0 rings (SSSR count). The summed E-state index contributed by atoms with van der Waals surface area (Å²) in [5.74, 6) is 4.42. The molecule has 0 atom stereocenters. The molecule has 0 aromatic heterocycles. The van der Waals surface area contributed by atoms with Crippen molar-refractivity contribution in [2.75, 3.05) is 46.2 Å². The molecular weight excluding hydrogens is 2440 g/mol. The number of aliphatic hydroxyl groups excluding tert-OH is 7. The van der Waals surface area contributed by atoms with Gasteiger partial charge < -0.3 is 46.7 Å². The van der Waals surface area contributed by atoms with Crippen LogP contribution in [0.3, 0.4) is 0 Å². The molecule has 414 valence electrons. The average Bonchev–Trinajstić information content (AvgIpc) is 3.34. The van der Waals surface area contributed by atoms with E-state index in [0.717, 1.165) is 19.3 Å². The van der Waals surface area contributed by atoms with Crippen LogP contribution in [0, 0.1) is 24.7 Å². The van der Waals surface area contributed by atoms with E-state index in [1.807, 2.05) is 94.2 Å². The molecule has 0 aromatic rings. The van der Waals surface area contributed by atoms with E-state index in [1.54, 1.807) is 0 Å². The molecule has 0 fully saturated rings. The van der Waals surface area contributed by atoms with Gasteiger partial charge in [-0.3, -0.25) is 0 Å². The molecule has 11 N–H and O–H groups in total.